The molecule has 43 heavy (non-hydrogen) atoms. The Labute approximate surface area is 275 Å². The Balaban J connectivity index is 0.00000506. The van der Waals surface area contributed by atoms with E-state index in [9.17, 15) is 14.7 Å². The largest absolute Gasteiger partial charge is 1.00 e. The van der Waals surface area contributed by atoms with Crippen LogP contribution in [0.1, 0.15) is 105 Å². The molecule has 2 saturated carbocycles. The van der Waals surface area contributed by atoms with Crippen LogP contribution in [0.3, 0.4) is 0 Å². The normalized spacial score (nSPS) is 16.9. The molecule has 2 aliphatic rings. The van der Waals surface area contributed by atoms with E-state index in [4.69, 9.17) is 4.74 Å². The number of amides is 1. The molecular formula is C36H50LiNO4S. The van der Waals surface area contributed by atoms with E-state index in [1.54, 1.807) is 11.8 Å². The maximum atomic E-state index is 13.4. The Kier molecular flexibility index (Phi) is 15.8. The number of nitrogens with one attached hydrogen (secondary N) is 1. The van der Waals surface area contributed by atoms with Gasteiger partial charge in [-0.1, -0.05) is 94.5 Å². The zero-order chi connectivity index (χ0) is 29.7. The van der Waals surface area contributed by atoms with E-state index in [1.807, 2.05) is 55.6 Å². The van der Waals surface area contributed by atoms with Crippen molar-refractivity contribution in [3.63, 3.8) is 0 Å². The smallest absolute Gasteiger partial charge is 0.548 e. The molecule has 0 unspecified atom stereocenters. The van der Waals surface area contributed by atoms with Crippen molar-refractivity contribution in [2.75, 3.05) is 18.6 Å². The van der Waals surface area contributed by atoms with Crippen molar-refractivity contribution >= 4 is 23.6 Å². The van der Waals surface area contributed by atoms with E-state index in [0.29, 0.717) is 30.3 Å². The van der Waals surface area contributed by atoms with Gasteiger partial charge in [-0.15, -0.1) is 0 Å². The van der Waals surface area contributed by atoms with Crippen molar-refractivity contribution in [2.24, 2.45) is 17.8 Å². The molecule has 2 aliphatic carbocycles. The van der Waals surface area contributed by atoms with Crippen LogP contribution in [-0.4, -0.2) is 36.5 Å². The van der Waals surface area contributed by atoms with Crippen LogP contribution >= 0.6 is 11.8 Å². The molecule has 0 saturated heterocycles. The summed E-state index contributed by atoms with van der Waals surface area (Å²) in [6.07, 6.45) is 18.6. The van der Waals surface area contributed by atoms with E-state index in [0.717, 1.165) is 40.7 Å². The molecule has 0 aliphatic heterocycles. The average Bonchev–Trinajstić information content (AvgIpc) is 3.00. The van der Waals surface area contributed by atoms with Crippen molar-refractivity contribution in [3.8, 4) is 11.1 Å². The van der Waals surface area contributed by atoms with Crippen molar-refractivity contribution in [3.05, 3.63) is 59.2 Å². The number of carboxylic acid groups (broad SMARTS) is 1. The van der Waals surface area contributed by atoms with Crippen LogP contribution in [0.5, 0.6) is 0 Å². The third-order valence-electron chi connectivity index (χ3n) is 9.37. The summed E-state index contributed by atoms with van der Waals surface area (Å²) in [7, 11) is 0. The van der Waals surface area contributed by atoms with Gasteiger partial charge in [0.15, 0.2) is 0 Å². The van der Waals surface area contributed by atoms with Crippen LogP contribution < -0.4 is 29.3 Å². The maximum Gasteiger partial charge on any atom is 1.00 e. The zero-order valence-corrected chi connectivity index (χ0v) is 27.5. The molecule has 0 bridgehead atoms. The number of hydrogen-bond acceptors (Lipinski definition) is 5. The summed E-state index contributed by atoms with van der Waals surface area (Å²) >= 11 is 1.55. The number of carbonyl (C=O) groups excluding carboxylic acids is 2. The molecular weight excluding hydrogens is 549 g/mol. The van der Waals surface area contributed by atoms with Gasteiger partial charge in [0.1, 0.15) is 0 Å². The molecule has 0 heterocycles. The summed E-state index contributed by atoms with van der Waals surface area (Å²) in [5.41, 5.74) is 4.32. The second-order valence-corrected chi connectivity index (χ2v) is 13.7. The Bertz CT molecular complexity index is 1130. The van der Waals surface area contributed by atoms with Gasteiger partial charge in [0, 0.05) is 12.2 Å². The Hall–Kier alpha value is -1.71. The monoisotopic (exact) mass is 599 g/mol. The Morgan fingerprint density at radius 3 is 2.14 bits per heavy atom. The van der Waals surface area contributed by atoms with Gasteiger partial charge in [-0.05, 0) is 90.3 Å². The second-order valence-electron chi connectivity index (χ2n) is 12.7. The summed E-state index contributed by atoms with van der Waals surface area (Å²) in [6, 6.07) is 12.8. The molecule has 2 aromatic carbocycles. The number of aliphatic carboxylic acids is 1. The number of carboxylic acids is 1. The number of hydrogen-bond donors (Lipinski definition) is 1. The Morgan fingerprint density at radius 1 is 0.930 bits per heavy atom. The molecule has 2 fully saturated rings. The van der Waals surface area contributed by atoms with Crippen LogP contribution in [0.15, 0.2) is 42.5 Å². The molecule has 4 rings (SSSR count). The molecule has 2 aromatic rings. The molecule has 0 spiro atoms. The van der Waals surface area contributed by atoms with Gasteiger partial charge < -0.3 is 20.0 Å². The average molecular weight is 600 g/mol. The van der Waals surface area contributed by atoms with Gasteiger partial charge in [-0.3, -0.25) is 4.79 Å². The topological polar surface area (TPSA) is 78.5 Å². The quantitative estimate of drug-likeness (QED) is 0.308. The van der Waals surface area contributed by atoms with Gasteiger partial charge in [-0.2, -0.15) is 11.8 Å². The fraction of sp³-hybridized carbons (Fsp3) is 0.611. The molecule has 1 amide bonds. The second kappa shape index (κ2) is 18.9. The van der Waals surface area contributed by atoms with Crippen LogP contribution in [0.2, 0.25) is 0 Å². The molecule has 230 valence electrons. The fourth-order valence-corrected chi connectivity index (χ4v) is 7.53. The van der Waals surface area contributed by atoms with Gasteiger partial charge in [-0.25, -0.2) is 0 Å². The minimum Gasteiger partial charge on any atom is -0.548 e. The predicted octanol–water partition coefficient (Wildman–Crippen LogP) is 4.34. The van der Waals surface area contributed by atoms with Gasteiger partial charge >= 0.3 is 18.9 Å². The van der Waals surface area contributed by atoms with Crippen molar-refractivity contribution in [2.45, 2.75) is 103 Å². The maximum absolute atomic E-state index is 13.4. The van der Waals surface area contributed by atoms with E-state index in [2.05, 4.69) is 5.32 Å². The number of aryl methyl sites for hydroxylation is 1. The number of thioether (sulfide) groups is 1. The molecule has 1 atom stereocenters. The summed E-state index contributed by atoms with van der Waals surface area (Å²) in [4.78, 5) is 25.1. The first-order valence-electron chi connectivity index (χ1n) is 16.2. The van der Waals surface area contributed by atoms with Gasteiger partial charge in [0.2, 0.25) is 0 Å². The van der Waals surface area contributed by atoms with E-state index >= 15 is 0 Å². The van der Waals surface area contributed by atoms with Crippen LogP contribution in [0.25, 0.3) is 11.1 Å². The minimum atomic E-state index is -1.25. The van der Waals surface area contributed by atoms with Crippen molar-refractivity contribution < 1.29 is 38.3 Å². The SMILES string of the molecule is CSCC[C@H](NC(=O)c1ccc(COCC(CC2CCCCC2)CC2CCCCC2)cc1-c1ccccc1C)C(=O)[O-].[Li+]. The molecule has 5 nitrogen and oxygen atoms in total. The number of rotatable bonds is 15. The first-order valence-corrected chi connectivity index (χ1v) is 17.6. The van der Waals surface area contributed by atoms with Crippen molar-refractivity contribution in [1.29, 1.82) is 0 Å². The van der Waals surface area contributed by atoms with E-state index in [-0.39, 0.29) is 18.9 Å². The molecule has 1 N–H and O–H groups in total. The first kappa shape index (κ1) is 35.8. The zero-order valence-electron chi connectivity index (χ0n) is 26.7. The fourth-order valence-electron chi connectivity index (χ4n) is 7.06. The van der Waals surface area contributed by atoms with Crippen LogP contribution in [-0.2, 0) is 16.1 Å². The van der Waals surface area contributed by atoms with Gasteiger partial charge in [0.05, 0.1) is 18.6 Å². The predicted molar refractivity (Wildman–Crippen MR) is 171 cm³/mol. The van der Waals surface area contributed by atoms with Crippen molar-refractivity contribution in [1.82, 2.24) is 5.32 Å². The van der Waals surface area contributed by atoms with E-state index < -0.39 is 17.9 Å². The molecule has 0 aromatic heterocycles. The van der Waals surface area contributed by atoms with Crippen LogP contribution in [0, 0.1) is 24.7 Å². The molecule has 7 heteroatoms. The standard InChI is InChI=1S/C36H51NO4S.Li/c1-26-11-9-10-16-31(26)33-23-29(17-18-32(33)35(38)37-34(36(39)40)19-20-42-2)24-41-25-30(21-27-12-5-3-6-13-27)22-28-14-7-4-8-15-28;/h9-11,16-18,23,27-28,30,34H,3-8,12-15,19-22,24-25H2,1-2H3,(H,37,38)(H,39,40);/q;+1/p-1/t34-;/m0./s1. The number of benzene rings is 2. The number of carbonyl (C=O) groups is 2. The molecule has 0 radical (unpaired) electrons. The number of ether oxygens (including phenoxy) is 1. The third-order valence-corrected chi connectivity index (χ3v) is 10.0. The Morgan fingerprint density at radius 2 is 1.56 bits per heavy atom. The third kappa shape index (κ3) is 11.3. The van der Waals surface area contributed by atoms with Crippen LogP contribution in [0.4, 0.5) is 0 Å². The summed E-state index contributed by atoms with van der Waals surface area (Å²) in [5, 5.41) is 14.4. The van der Waals surface area contributed by atoms with E-state index in [1.165, 1.54) is 77.0 Å². The first-order chi connectivity index (χ1) is 20.4. The van der Waals surface area contributed by atoms with Gasteiger partial charge in [0.25, 0.3) is 5.91 Å². The summed E-state index contributed by atoms with van der Waals surface area (Å²) in [5.74, 6) is 1.29. The summed E-state index contributed by atoms with van der Waals surface area (Å²) < 4.78 is 6.44. The minimum absolute atomic E-state index is 0. The summed E-state index contributed by atoms with van der Waals surface area (Å²) in [6.45, 7) is 3.32.